The number of rotatable bonds is 5. The summed E-state index contributed by atoms with van der Waals surface area (Å²) in [6.45, 7) is 5.21. The van der Waals surface area contributed by atoms with Gasteiger partial charge in [-0.2, -0.15) is 0 Å². The first-order chi connectivity index (χ1) is 14.5. The lowest BCUT2D eigenvalue weighted by Crippen LogP contribution is -2.38. The van der Waals surface area contributed by atoms with Crippen LogP contribution in [0.1, 0.15) is 48.5 Å². The van der Waals surface area contributed by atoms with Gasteiger partial charge in [0.05, 0.1) is 18.8 Å². The third kappa shape index (κ3) is 4.10. The molecule has 7 heteroatoms. The molecule has 30 heavy (non-hydrogen) atoms. The number of hydrogen-bond donors (Lipinski definition) is 1. The number of methoxy groups -OCH3 is 1. The molecule has 1 N–H and O–H groups in total. The smallest absolute Gasteiger partial charge is 0.255 e. The maximum Gasteiger partial charge on any atom is 0.255 e. The van der Waals surface area contributed by atoms with Gasteiger partial charge in [0.2, 0.25) is 5.88 Å². The van der Waals surface area contributed by atoms with Crippen molar-refractivity contribution in [2.45, 2.75) is 38.7 Å². The number of likely N-dealkylation sites (tertiary alicyclic amines) is 1. The van der Waals surface area contributed by atoms with Crippen molar-refractivity contribution in [3.05, 3.63) is 52.8 Å². The highest BCUT2D eigenvalue weighted by molar-refractivity contribution is 6.32. The van der Waals surface area contributed by atoms with Gasteiger partial charge in [-0.15, -0.1) is 0 Å². The van der Waals surface area contributed by atoms with E-state index in [-0.39, 0.29) is 12.0 Å². The minimum Gasteiger partial charge on any atom is -0.497 e. The summed E-state index contributed by atoms with van der Waals surface area (Å²) in [6, 6.07) is 7.72. The molecule has 0 unspecified atom stereocenters. The van der Waals surface area contributed by atoms with Crippen LogP contribution in [0.15, 0.2) is 36.7 Å². The number of nitrogens with zero attached hydrogens (tertiary/aromatic N) is 2. The predicted molar refractivity (Wildman–Crippen MR) is 118 cm³/mol. The first-order valence-electron chi connectivity index (χ1n) is 10.2. The molecule has 3 aromatic rings. The summed E-state index contributed by atoms with van der Waals surface area (Å²) in [5.74, 6) is 1.57. The molecular formula is C23H26ClN3O3. The number of nitrogens with one attached hydrogen (secondary N) is 1. The van der Waals surface area contributed by atoms with Crippen LogP contribution in [0.4, 0.5) is 0 Å². The highest BCUT2D eigenvalue weighted by Gasteiger charge is 2.27. The van der Waals surface area contributed by atoms with E-state index in [4.69, 9.17) is 21.1 Å². The molecule has 2 aromatic heterocycles. The molecule has 0 saturated carbocycles. The molecule has 1 fully saturated rings. The number of hydrogen-bond acceptors (Lipinski definition) is 4. The number of aromatic amines is 1. The molecule has 1 saturated heterocycles. The zero-order valence-electron chi connectivity index (χ0n) is 17.4. The van der Waals surface area contributed by atoms with Crippen LogP contribution in [0.25, 0.3) is 10.9 Å². The number of carbonyl (C=O) groups excluding carboxylic acids is 1. The molecule has 4 rings (SSSR count). The van der Waals surface area contributed by atoms with E-state index in [2.05, 4.69) is 22.2 Å². The van der Waals surface area contributed by atoms with Gasteiger partial charge in [0.15, 0.2) is 0 Å². The Morgan fingerprint density at radius 2 is 2.03 bits per heavy atom. The van der Waals surface area contributed by atoms with E-state index in [1.165, 1.54) is 10.9 Å². The van der Waals surface area contributed by atoms with Crippen molar-refractivity contribution in [3.63, 3.8) is 0 Å². The van der Waals surface area contributed by atoms with Gasteiger partial charge in [0.1, 0.15) is 10.8 Å². The molecule has 0 atom stereocenters. The fraction of sp³-hybridized carbons (Fsp3) is 0.391. The normalized spacial score (nSPS) is 15.0. The molecule has 1 aromatic carbocycles. The number of aromatic nitrogens is 2. The highest BCUT2D eigenvalue weighted by atomic mass is 35.5. The van der Waals surface area contributed by atoms with Crippen molar-refractivity contribution in [1.29, 1.82) is 0 Å². The second-order valence-electron chi connectivity index (χ2n) is 7.90. The SMILES string of the molecule is COc1ccc2[nH]cc(C3CCN(C(=O)c4cnc(OC(C)C)c(Cl)c4)CC3)c2c1. The van der Waals surface area contributed by atoms with Gasteiger partial charge in [-0.25, -0.2) is 4.98 Å². The fourth-order valence-corrected chi connectivity index (χ4v) is 4.23. The van der Waals surface area contributed by atoms with Crippen LogP contribution >= 0.6 is 11.6 Å². The minimum absolute atomic E-state index is 0.0277. The Bertz CT molecular complexity index is 1060. The third-order valence-electron chi connectivity index (χ3n) is 5.54. The molecule has 1 aliphatic heterocycles. The van der Waals surface area contributed by atoms with E-state index in [9.17, 15) is 4.79 Å². The van der Waals surface area contributed by atoms with Crippen LogP contribution in [0.3, 0.4) is 0 Å². The van der Waals surface area contributed by atoms with Crippen molar-refractivity contribution < 1.29 is 14.3 Å². The van der Waals surface area contributed by atoms with Gasteiger partial charge in [-0.3, -0.25) is 4.79 Å². The lowest BCUT2D eigenvalue weighted by atomic mass is 9.89. The monoisotopic (exact) mass is 427 g/mol. The average Bonchev–Trinajstić information content (AvgIpc) is 3.17. The fourth-order valence-electron chi connectivity index (χ4n) is 4.01. The highest BCUT2D eigenvalue weighted by Crippen LogP contribution is 2.35. The summed E-state index contributed by atoms with van der Waals surface area (Å²) in [4.78, 5) is 22.4. The largest absolute Gasteiger partial charge is 0.497 e. The molecule has 158 valence electrons. The Morgan fingerprint density at radius 1 is 1.27 bits per heavy atom. The molecule has 3 heterocycles. The molecule has 0 bridgehead atoms. The lowest BCUT2D eigenvalue weighted by Gasteiger charge is -2.32. The summed E-state index contributed by atoms with van der Waals surface area (Å²) < 4.78 is 10.9. The van der Waals surface area contributed by atoms with Crippen molar-refractivity contribution in [1.82, 2.24) is 14.9 Å². The number of pyridine rings is 1. The zero-order chi connectivity index (χ0) is 21.3. The maximum absolute atomic E-state index is 12.9. The van der Waals surface area contributed by atoms with E-state index < -0.39 is 0 Å². The number of H-pyrrole nitrogens is 1. The van der Waals surface area contributed by atoms with Crippen LogP contribution in [0.2, 0.25) is 5.02 Å². The summed E-state index contributed by atoms with van der Waals surface area (Å²) >= 11 is 6.26. The first-order valence-corrected chi connectivity index (χ1v) is 10.6. The number of piperidine rings is 1. The Labute approximate surface area is 181 Å². The number of halogens is 1. The summed E-state index contributed by atoms with van der Waals surface area (Å²) in [5.41, 5.74) is 2.89. The minimum atomic E-state index is -0.0421. The van der Waals surface area contributed by atoms with Crippen molar-refractivity contribution >= 4 is 28.4 Å². The standard InChI is InChI=1S/C23H26ClN3O3/c1-14(2)30-22-20(24)10-16(12-26-22)23(28)27-8-6-15(7-9-27)19-13-25-21-5-4-17(29-3)11-18(19)21/h4-5,10-15,25H,6-9H2,1-3H3. The molecule has 1 aliphatic rings. The lowest BCUT2D eigenvalue weighted by molar-refractivity contribution is 0.0713. The van der Waals surface area contributed by atoms with E-state index in [0.29, 0.717) is 35.5 Å². The van der Waals surface area contributed by atoms with Crippen LogP contribution < -0.4 is 9.47 Å². The Kier molecular flexibility index (Phi) is 5.86. The number of carbonyl (C=O) groups is 1. The van der Waals surface area contributed by atoms with Crippen LogP contribution in [0.5, 0.6) is 11.6 Å². The quantitative estimate of drug-likeness (QED) is 0.620. The molecule has 0 spiro atoms. The van der Waals surface area contributed by atoms with Gasteiger partial charge in [-0.05, 0) is 62.4 Å². The molecule has 0 radical (unpaired) electrons. The van der Waals surface area contributed by atoms with Gasteiger partial charge < -0.3 is 19.4 Å². The Hall–Kier alpha value is -2.73. The third-order valence-corrected chi connectivity index (χ3v) is 5.82. The topological polar surface area (TPSA) is 67.5 Å². The van der Waals surface area contributed by atoms with Gasteiger partial charge in [0.25, 0.3) is 5.91 Å². The molecule has 1 amide bonds. The second-order valence-corrected chi connectivity index (χ2v) is 8.31. The van der Waals surface area contributed by atoms with Crippen molar-refractivity contribution in [2.75, 3.05) is 20.2 Å². The molecule has 0 aliphatic carbocycles. The van der Waals surface area contributed by atoms with Crippen molar-refractivity contribution in [3.8, 4) is 11.6 Å². The Balaban J connectivity index is 1.44. The second kappa shape index (κ2) is 8.56. The number of benzene rings is 1. The van der Waals surface area contributed by atoms with Crippen LogP contribution in [-0.2, 0) is 0 Å². The molecule has 6 nitrogen and oxygen atoms in total. The summed E-state index contributed by atoms with van der Waals surface area (Å²) in [7, 11) is 1.68. The average molecular weight is 428 g/mol. The zero-order valence-corrected chi connectivity index (χ0v) is 18.2. The van der Waals surface area contributed by atoms with E-state index in [0.717, 1.165) is 24.1 Å². The van der Waals surface area contributed by atoms with Gasteiger partial charge in [0, 0.05) is 36.4 Å². The van der Waals surface area contributed by atoms with Gasteiger partial charge in [-0.1, -0.05) is 11.6 Å². The van der Waals surface area contributed by atoms with Crippen molar-refractivity contribution in [2.24, 2.45) is 0 Å². The van der Waals surface area contributed by atoms with E-state index in [1.807, 2.05) is 30.9 Å². The number of ether oxygens (including phenoxy) is 2. The van der Waals surface area contributed by atoms with Crippen LogP contribution in [0, 0.1) is 0 Å². The van der Waals surface area contributed by atoms with E-state index in [1.54, 1.807) is 19.4 Å². The van der Waals surface area contributed by atoms with E-state index >= 15 is 0 Å². The number of fused-ring (bicyclic) bond motifs is 1. The van der Waals surface area contributed by atoms with Crippen LogP contribution in [-0.4, -0.2) is 47.1 Å². The Morgan fingerprint density at radius 3 is 2.70 bits per heavy atom. The summed E-state index contributed by atoms with van der Waals surface area (Å²) in [6.07, 6.45) is 5.42. The summed E-state index contributed by atoms with van der Waals surface area (Å²) in [5, 5.41) is 1.55. The van der Waals surface area contributed by atoms with Gasteiger partial charge >= 0.3 is 0 Å². The first kappa shape index (κ1) is 20.5. The molecular weight excluding hydrogens is 402 g/mol. The predicted octanol–water partition coefficient (Wildman–Crippen LogP) is 5.03. The maximum atomic E-state index is 12.9. The number of amides is 1.